The molecule has 2 aliphatic rings. The van der Waals surface area contributed by atoms with E-state index in [0.29, 0.717) is 12.3 Å². The first kappa shape index (κ1) is 11.6. The molecule has 1 atom stereocenters. The summed E-state index contributed by atoms with van der Waals surface area (Å²) in [5.74, 6) is 0.564. The van der Waals surface area contributed by atoms with Gasteiger partial charge in [0, 0.05) is 7.05 Å². The highest BCUT2D eigenvalue weighted by molar-refractivity contribution is 6.05. The summed E-state index contributed by atoms with van der Waals surface area (Å²) in [7, 11) is 1.56. The number of amides is 2. The van der Waals surface area contributed by atoms with E-state index in [9.17, 15) is 9.59 Å². The molecule has 1 N–H and O–H groups in total. The van der Waals surface area contributed by atoms with Gasteiger partial charge >= 0.3 is 0 Å². The van der Waals surface area contributed by atoms with Crippen LogP contribution < -0.4 is 5.32 Å². The fourth-order valence-electron chi connectivity index (χ4n) is 2.62. The Bertz CT molecular complexity index is 285. The van der Waals surface area contributed by atoms with E-state index < -0.39 is 0 Å². The number of carbonyl (C=O) groups excluding carboxylic acids is 2. The minimum Gasteiger partial charge on any atom is -0.305 e. The van der Waals surface area contributed by atoms with Gasteiger partial charge < -0.3 is 5.32 Å². The predicted octanol–water partition coefficient (Wildman–Crippen LogP) is 0.914. The summed E-state index contributed by atoms with van der Waals surface area (Å²) in [6, 6.07) is -0.264. The molecule has 2 fully saturated rings. The lowest BCUT2D eigenvalue weighted by Gasteiger charge is -2.23. The number of likely N-dealkylation sites (N-methyl/N-ethyl adjacent to an activating group) is 1. The van der Waals surface area contributed by atoms with Gasteiger partial charge in [-0.3, -0.25) is 14.5 Å². The van der Waals surface area contributed by atoms with Crippen molar-refractivity contribution < 1.29 is 9.59 Å². The Morgan fingerprint density at radius 1 is 1.25 bits per heavy atom. The lowest BCUT2D eigenvalue weighted by molar-refractivity contribution is -0.137. The van der Waals surface area contributed by atoms with Gasteiger partial charge in [0.1, 0.15) is 0 Å². The van der Waals surface area contributed by atoms with Gasteiger partial charge in [-0.05, 0) is 25.3 Å². The fraction of sp³-hybridized carbons (Fsp3) is 0.833. The molecule has 0 aromatic carbocycles. The van der Waals surface area contributed by atoms with Crippen LogP contribution in [0.3, 0.4) is 0 Å². The third-order valence-electron chi connectivity index (χ3n) is 3.76. The van der Waals surface area contributed by atoms with E-state index in [1.807, 2.05) is 0 Å². The second-order valence-corrected chi connectivity index (χ2v) is 4.96. The fourth-order valence-corrected chi connectivity index (χ4v) is 2.62. The molecule has 0 spiro atoms. The molecule has 4 heteroatoms. The highest BCUT2D eigenvalue weighted by atomic mass is 16.2. The van der Waals surface area contributed by atoms with Crippen LogP contribution in [0.25, 0.3) is 0 Å². The van der Waals surface area contributed by atoms with Crippen LogP contribution in [0.15, 0.2) is 0 Å². The topological polar surface area (TPSA) is 49.4 Å². The van der Waals surface area contributed by atoms with Crippen molar-refractivity contribution in [3.63, 3.8) is 0 Å². The largest absolute Gasteiger partial charge is 0.305 e. The quantitative estimate of drug-likeness (QED) is 0.725. The molecule has 1 aliphatic heterocycles. The molecule has 0 aromatic heterocycles. The van der Waals surface area contributed by atoms with Crippen LogP contribution in [0.5, 0.6) is 0 Å². The minimum atomic E-state index is -0.264. The van der Waals surface area contributed by atoms with Gasteiger partial charge in [-0.25, -0.2) is 0 Å². The van der Waals surface area contributed by atoms with Crippen LogP contribution in [0.1, 0.15) is 38.5 Å². The Kier molecular flexibility index (Phi) is 3.59. The van der Waals surface area contributed by atoms with E-state index in [0.717, 1.165) is 6.54 Å². The van der Waals surface area contributed by atoms with Gasteiger partial charge in [0.05, 0.1) is 12.5 Å². The van der Waals surface area contributed by atoms with E-state index in [1.54, 1.807) is 7.05 Å². The normalized spacial score (nSPS) is 27.8. The van der Waals surface area contributed by atoms with Crippen LogP contribution in [-0.4, -0.2) is 36.3 Å². The lowest BCUT2D eigenvalue weighted by atomic mass is 9.89. The Hall–Kier alpha value is -0.900. The summed E-state index contributed by atoms with van der Waals surface area (Å²) in [5, 5.41) is 3.25. The van der Waals surface area contributed by atoms with Crippen molar-refractivity contribution in [2.75, 3.05) is 13.6 Å². The lowest BCUT2D eigenvalue weighted by Crippen LogP contribution is -2.39. The smallest absolute Gasteiger partial charge is 0.246 e. The standard InChI is InChI=1S/C12H20N2O2/c1-14-11(15)7-10(12(14)16)13-8-9-5-3-2-4-6-9/h9-10,13H,2-8H2,1H3. The molecule has 90 valence electrons. The van der Waals surface area contributed by atoms with Gasteiger partial charge in [-0.1, -0.05) is 19.3 Å². The van der Waals surface area contributed by atoms with Crippen LogP contribution in [0.4, 0.5) is 0 Å². The van der Waals surface area contributed by atoms with E-state index in [4.69, 9.17) is 0 Å². The Morgan fingerprint density at radius 3 is 2.50 bits per heavy atom. The van der Waals surface area contributed by atoms with Gasteiger partial charge in [-0.2, -0.15) is 0 Å². The second-order valence-electron chi connectivity index (χ2n) is 4.96. The number of hydrogen-bond acceptors (Lipinski definition) is 3. The molecule has 0 radical (unpaired) electrons. The van der Waals surface area contributed by atoms with E-state index in [1.165, 1.54) is 37.0 Å². The maximum Gasteiger partial charge on any atom is 0.246 e. The van der Waals surface area contributed by atoms with E-state index in [-0.39, 0.29) is 17.9 Å². The highest BCUT2D eigenvalue weighted by Crippen LogP contribution is 2.23. The molecule has 0 bridgehead atoms. The molecule has 1 heterocycles. The van der Waals surface area contributed by atoms with Crippen molar-refractivity contribution in [2.45, 2.75) is 44.6 Å². The zero-order valence-corrected chi connectivity index (χ0v) is 9.87. The number of nitrogens with zero attached hydrogens (tertiary/aromatic N) is 1. The monoisotopic (exact) mass is 224 g/mol. The Balaban J connectivity index is 1.77. The van der Waals surface area contributed by atoms with Crippen molar-refractivity contribution in [1.82, 2.24) is 10.2 Å². The minimum absolute atomic E-state index is 0.0638. The molecular weight excluding hydrogens is 204 g/mol. The number of nitrogens with one attached hydrogen (secondary N) is 1. The number of imide groups is 1. The first-order chi connectivity index (χ1) is 7.68. The number of carbonyl (C=O) groups is 2. The molecule has 1 saturated heterocycles. The maximum absolute atomic E-state index is 11.6. The zero-order chi connectivity index (χ0) is 11.5. The summed E-state index contributed by atoms with van der Waals surface area (Å²) in [6.45, 7) is 0.886. The molecule has 4 nitrogen and oxygen atoms in total. The summed E-state index contributed by atoms with van der Waals surface area (Å²) in [5.41, 5.74) is 0. The molecule has 1 saturated carbocycles. The van der Waals surface area contributed by atoms with Crippen molar-refractivity contribution in [3.8, 4) is 0 Å². The van der Waals surface area contributed by atoms with Gasteiger partial charge in [-0.15, -0.1) is 0 Å². The van der Waals surface area contributed by atoms with Crippen molar-refractivity contribution in [2.24, 2.45) is 5.92 Å². The van der Waals surface area contributed by atoms with Crippen molar-refractivity contribution in [1.29, 1.82) is 0 Å². The molecule has 1 unspecified atom stereocenters. The number of rotatable bonds is 3. The molecule has 2 rings (SSSR count). The highest BCUT2D eigenvalue weighted by Gasteiger charge is 2.35. The van der Waals surface area contributed by atoms with Gasteiger partial charge in [0.15, 0.2) is 0 Å². The third kappa shape index (κ3) is 2.43. The molecular formula is C12H20N2O2. The van der Waals surface area contributed by atoms with Crippen LogP contribution in [-0.2, 0) is 9.59 Å². The predicted molar refractivity (Wildman–Crippen MR) is 60.8 cm³/mol. The third-order valence-corrected chi connectivity index (χ3v) is 3.76. The van der Waals surface area contributed by atoms with Gasteiger partial charge in [0.2, 0.25) is 11.8 Å². The molecule has 0 aromatic rings. The number of hydrogen-bond donors (Lipinski definition) is 1. The molecule has 16 heavy (non-hydrogen) atoms. The first-order valence-corrected chi connectivity index (χ1v) is 6.22. The zero-order valence-electron chi connectivity index (χ0n) is 9.87. The molecule has 2 amide bonds. The average Bonchev–Trinajstić information content (AvgIpc) is 2.56. The van der Waals surface area contributed by atoms with Gasteiger partial charge in [0.25, 0.3) is 0 Å². The van der Waals surface area contributed by atoms with Crippen molar-refractivity contribution >= 4 is 11.8 Å². The Morgan fingerprint density at radius 2 is 1.94 bits per heavy atom. The van der Waals surface area contributed by atoms with E-state index >= 15 is 0 Å². The van der Waals surface area contributed by atoms with Crippen LogP contribution in [0.2, 0.25) is 0 Å². The van der Waals surface area contributed by atoms with Crippen LogP contribution >= 0.6 is 0 Å². The average molecular weight is 224 g/mol. The van der Waals surface area contributed by atoms with Crippen molar-refractivity contribution in [3.05, 3.63) is 0 Å². The van der Waals surface area contributed by atoms with E-state index in [2.05, 4.69) is 5.32 Å². The maximum atomic E-state index is 11.6. The summed E-state index contributed by atoms with van der Waals surface area (Å²) < 4.78 is 0. The summed E-state index contributed by atoms with van der Waals surface area (Å²) >= 11 is 0. The second kappa shape index (κ2) is 4.95. The summed E-state index contributed by atoms with van der Waals surface area (Å²) in [4.78, 5) is 24.2. The number of likely N-dealkylation sites (tertiary alicyclic amines) is 1. The molecule has 1 aliphatic carbocycles. The Labute approximate surface area is 96.4 Å². The summed E-state index contributed by atoms with van der Waals surface area (Å²) in [6.07, 6.45) is 6.82. The SMILES string of the molecule is CN1C(=O)CC(NCC2CCCCC2)C1=O. The first-order valence-electron chi connectivity index (χ1n) is 6.22. The van der Waals surface area contributed by atoms with Crippen LogP contribution in [0, 0.1) is 5.92 Å².